The molecule has 5 heterocycles. The van der Waals surface area contributed by atoms with Gasteiger partial charge in [0.15, 0.2) is 0 Å². The van der Waals surface area contributed by atoms with Crippen LogP contribution < -0.4 is 20.1 Å². The first-order valence-corrected chi connectivity index (χ1v) is 16.6. The number of aliphatic carboxylic acids is 1. The molecule has 1 aromatic carbocycles. The molecule has 288 valence electrons. The molecule has 6 rings (SSSR count). The first-order valence-electron chi connectivity index (χ1n) is 16.6. The molecule has 3 N–H and O–H groups in total. The summed E-state index contributed by atoms with van der Waals surface area (Å²) >= 11 is 0. The predicted octanol–water partition coefficient (Wildman–Crippen LogP) is 5.44. The Kier molecular flexibility index (Phi) is 11.6. The number of carboxylic acid groups (broad SMARTS) is 1. The topological polar surface area (TPSA) is 178 Å². The fourth-order valence-electron chi connectivity index (χ4n) is 6.67. The van der Waals surface area contributed by atoms with Crippen LogP contribution in [0.1, 0.15) is 42.9 Å². The third-order valence-corrected chi connectivity index (χ3v) is 9.12. The van der Waals surface area contributed by atoms with E-state index in [2.05, 4.69) is 20.9 Å². The molecular formula is C34H34F7N9O4. The first-order chi connectivity index (χ1) is 25.4. The molecule has 0 saturated carbocycles. The van der Waals surface area contributed by atoms with Gasteiger partial charge in [-0.15, -0.1) is 0 Å². The van der Waals surface area contributed by atoms with E-state index in [4.69, 9.17) is 30.1 Å². The summed E-state index contributed by atoms with van der Waals surface area (Å²) in [5, 5.41) is 26.8. The van der Waals surface area contributed by atoms with E-state index in [0.29, 0.717) is 48.8 Å². The van der Waals surface area contributed by atoms with Gasteiger partial charge in [0.25, 0.3) is 0 Å². The van der Waals surface area contributed by atoms with Gasteiger partial charge < -0.3 is 35.0 Å². The van der Waals surface area contributed by atoms with Crippen molar-refractivity contribution in [1.82, 2.24) is 24.8 Å². The molecule has 20 heteroatoms. The number of nitrogen functional groups attached to an aromatic ring is 1. The molecule has 0 spiro atoms. The highest BCUT2D eigenvalue weighted by Gasteiger charge is 2.40. The van der Waals surface area contributed by atoms with Crippen molar-refractivity contribution in [3.05, 3.63) is 40.8 Å². The molecule has 0 amide bonds. The molecule has 54 heavy (non-hydrogen) atoms. The van der Waals surface area contributed by atoms with E-state index < -0.39 is 35.1 Å². The van der Waals surface area contributed by atoms with Gasteiger partial charge in [0.05, 0.1) is 58.9 Å². The number of hydrogen-bond acceptors (Lipinski definition) is 12. The van der Waals surface area contributed by atoms with Crippen molar-refractivity contribution in [2.24, 2.45) is 0 Å². The molecular weight excluding hydrogens is 731 g/mol. The fourth-order valence-corrected chi connectivity index (χ4v) is 6.67. The van der Waals surface area contributed by atoms with Crippen LogP contribution in [0, 0.1) is 22.7 Å². The number of nitriles is 2. The fraction of sp³-hybridized carbons (Fsp3) is 0.471. The number of likely N-dealkylation sites (N-methyl/N-ethyl adjacent to an activating group) is 1. The van der Waals surface area contributed by atoms with Crippen LogP contribution in [0.3, 0.4) is 0 Å². The van der Waals surface area contributed by atoms with Gasteiger partial charge in [-0.1, -0.05) is 0 Å². The van der Waals surface area contributed by atoms with E-state index in [1.807, 2.05) is 11.9 Å². The second-order valence-electron chi connectivity index (χ2n) is 12.8. The largest absolute Gasteiger partial charge is 0.492 e. The number of likely N-dealkylation sites (tertiary alicyclic amines) is 1. The average molecular weight is 766 g/mol. The maximum atomic E-state index is 14.5. The Morgan fingerprint density at radius 1 is 1.13 bits per heavy atom. The molecule has 0 radical (unpaired) electrons. The van der Waals surface area contributed by atoms with Crippen LogP contribution in [0.15, 0.2) is 24.2 Å². The van der Waals surface area contributed by atoms with E-state index in [1.165, 1.54) is 19.2 Å². The Morgan fingerprint density at radius 2 is 1.85 bits per heavy atom. The Morgan fingerprint density at radius 3 is 2.44 bits per heavy atom. The zero-order valence-corrected chi connectivity index (χ0v) is 28.9. The van der Waals surface area contributed by atoms with Gasteiger partial charge in [-0.25, -0.2) is 14.2 Å². The van der Waals surface area contributed by atoms with E-state index in [1.54, 1.807) is 11.0 Å². The van der Waals surface area contributed by atoms with Crippen LogP contribution >= 0.6 is 0 Å². The average Bonchev–Trinajstić information content (AvgIpc) is 3.75. The van der Waals surface area contributed by atoms with E-state index in [-0.39, 0.29) is 60.3 Å². The SMILES string of the molecule is CC(F)=CN1CCN(c2nc(OC[C@@H]3CCCN3C)nc3cc(-c4nc(N)cc(C#N)c4C(F)(F)F)c4c(c23)OCC4)C[C@@H]1CC#N.O=C(O)C(F)(F)F. The van der Waals surface area contributed by atoms with Gasteiger partial charge in [-0.3, -0.25) is 0 Å². The standard InChI is InChI=1S/C32H33F4N9O2.C2HF3O2/c1-18(33)15-44-9-10-45(16-20(44)5-7-37)30-26-24(40-31(42-30)47-17-21-4-3-8-43(21)2)13-23(22-6-11-46-29(22)26)28-27(32(34,35)36)19(14-38)12-25(39)41-28;3-2(4,5)1(6)7/h12-13,15,20-21H,3-6,8-11,16-17H2,1-2H3,(H2,39,41);(H,6,7)/t20-,21-;/m0./s1. The second-order valence-corrected chi connectivity index (χ2v) is 12.8. The highest BCUT2D eigenvalue weighted by molar-refractivity contribution is 6.00. The first kappa shape index (κ1) is 39.6. The quantitative estimate of drug-likeness (QED) is 0.291. The molecule has 0 aliphatic carbocycles. The van der Waals surface area contributed by atoms with Crippen LogP contribution in [-0.2, 0) is 17.4 Å². The molecule has 0 unspecified atom stereocenters. The number of carboxylic acids is 1. The summed E-state index contributed by atoms with van der Waals surface area (Å²) in [5.41, 5.74) is 4.41. The van der Waals surface area contributed by atoms with Crippen molar-refractivity contribution in [3.8, 4) is 35.2 Å². The smallest absolute Gasteiger partial charge is 0.490 e. The highest BCUT2D eigenvalue weighted by Crippen LogP contribution is 2.47. The van der Waals surface area contributed by atoms with Crippen molar-refractivity contribution in [1.29, 1.82) is 10.5 Å². The minimum atomic E-state index is -5.08. The van der Waals surface area contributed by atoms with E-state index in [0.717, 1.165) is 25.5 Å². The monoisotopic (exact) mass is 765 g/mol. The van der Waals surface area contributed by atoms with Crippen molar-refractivity contribution in [2.45, 2.75) is 57.0 Å². The van der Waals surface area contributed by atoms with Gasteiger partial charge in [0.2, 0.25) is 0 Å². The number of anilines is 2. The molecule has 2 saturated heterocycles. The maximum absolute atomic E-state index is 14.5. The van der Waals surface area contributed by atoms with Crippen molar-refractivity contribution < 1.29 is 50.1 Å². The summed E-state index contributed by atoms with van der Waals surface area (Å²) in [4.78, 5) is 28.4. The highest BCUT2D eigenvalue weighted by atomic mass is 19.4. The number of alkyl halides is 6. The number of fused-ring (bicyclic) bond motifs is 3. The number of hydrogen-bond donors (Lipinski definition) is 2. The number of allylic oxidation sites excluding steroid dienone is 1. The molecule has 2 aromatic heterocycles. The predicted molar refractivity (Wildman–Crippen MR) is 179 cm³/mol. The molecule has 2 atom stereocenters. The van der Waals surface area contributed by atoms with Crippen LogP contribution in [0.5, 0.6) is 11.8 Å². The summed E-state index contributed by atoms with van der Waals surface area (Å²) in [6.45, 7) is 3.88. The van der Waals surface area contributed by atoms with Crippen molar-refractivity contribution in [2.75, 3.05) is 57.1 Å². The van der Waals surface area contributed by atoms with E-state index >= 15 is 0 Å². The van der Waals surface area contributed by atoms with Crippen LogP contribution in [0.2, 0.25) is 0 Å². The summed E-state index contributed by atoms with van der Waals surface area (Å²) in [6, 6.07) is 6.02. The maximum Gasteiger partial charge on any atom is 0.490 e. The Balaban J connectivity index is 0.000000730. The number of benzene rings is 1. The minimum Gasteiger partial charge on any atom is -0.492 e. The van der Waals surface area contributed by atoms with Crippen LogP contribution in [0.25, 0.3) is 22.2 Å². The van der Waals surface area contributed by atoms with Crippen LogP contribution in [0.4, 0.5) is 42.4 Å². The Labute approximate surface area is 304 Å². The van der Waals surface area contributed by atoms with Crippen LogP contribution in [-0.4, -0.2) is 101 Å². The van der Waals surface area contributed by atoms with Gasteiger partial charge in [0.1, 0.15) is 29.8 Å². The summed E-state index contributed by atoms with van der Waals surface area (Å²) < 4.78 is 101. The lowest BCUT2D eigenvalue weighted by molar-refractivity contribution is -0.192. The van der Waals surface area contributed by atoms with E-state index in [9.17, 15) is 41.3 Å². The Hall–Kier alpha value is -5.63. The lowest BCUT2D eigenvalue weighted by atomic mass is 9.93. The molecule has 0 bridgehead atoms. The van der Waals surface area contributed by atoms with Gasteiger partial charge in [-0.05, 0) is 45.5 Å². The number of halogens is 7. The molecule has 3 aliphatic rings. The number of nitrogens with zero attached hydrogens (tertiary/aromatic N) is 8. The number of rotatable bonds is 7. The van der Waals surface area contributed by atoms with Gasteiger partial charge >= 0.3 is 24.3 Å². The number of ether oxygens (including phenoxy) is 2. The molecule has 3 aromatic rings. The summed E-state index contributed by atoms with van der Waals surface area (Å²) in [7, 11) is 2.01. The zero-order chi connectivity index (χ0) is 39.5. The second kappa shape index (κ2) is 15.8. The number of pyridine rings is 1. The van der Waals surface area contributed by atoms with Crippen molar-refractivity contribution in [3.63, 3.8) is 0 Å². The molecule has 2 fully saturated rings. The minimum absolute atomic E-state index is 0.0322. The number of aromatic nitrogens is 3. The van der Waals surface area contributed by atoms with Crippen molar-refractivity contribution >= 4 is 28.5 Å². The number of nitrogens with two attached hydrogens (primary N) is 1. The lowest BCUT2D eigenvalue weighted by Gasteiger charge is -2.41. The number of carbonyl (C=O) groups is 1. The third kappa shape index (κ3) is 8.60. The van der Waals surface area contributed by atoms with Gasteiger partial charge in [0, 0.05) is 49.4 Å². The zero-order valence-electron chi connectivity index (χ0n) is 28.9. The lowest BCUT2D eigenvalue weighted by Crippen LogP contribution is -2.51. The van der Waals surface area contributed by atoms with Gasteiger partial charge in [-0.2, -0.15) is 46.8 Å². The third-order valence-electron chi connectivity index (χ3n) is 9.12. The Bertz CT molecular complexity index is 2020. The molecule has 13 nitrogen and oxygen atoms in total. The normalized spacial score (nSPS) is 19.1. The molecule has 3 aliphatic heterocycles. The summed E-state index contributed by atoms with van der Waals surface area (Å²) in [5.74, 6) is -2.62. The summed E-state index contributed by atoms with van der Waals surface area (Å²) in [6.07, 6.45) is -6.23. The number of piperazine rings is 1.